The lowest BCUT2D eigenvalue weighted by molar-refractivity contribution is 0.0427. The van der Waals surface area contributed by atoms with Gasteiger partial charge in [-0.2, -0.15) is 0 Å². The van der Waals surface area contributed by atoms with E-state index >= 15 is 0 Å². The molecule has 0 fully saturated rings. The maximum atomic E-state index is 13.5. The normalized spacial score (nSPS) is 10.6. The summed E-state index contributed by atoms with van der Waals surface area (Å²) in [7, 11) is 0. The van der Waals surface area contributed by atoms with E-state index < -0.39 is 29.8 Å². The van der Waals surface area contributed by atoms with Gasteiger partial charge in [0.05, 0.1) is 5.56 Å². The minimum atomic E-state index is -1.15. The lowest BCUT2D eigenvalue weighted by Gasteiger charge is -2.04. The Morgan fingerprint density at radius 1 is 1.08 bits per heavy atom. The third-order valence-corrected chi connectivity index (χ3v) is 3.76. The first-order valence-corrected chi connectivity index (χ1v) is 7.54. The first-order chi connectivity index (χ1) is 11.6. The quantitative estimate of drug-likeness (QED) is 0.622. The molecule has 0 unspecified atom stereocenters. The standard InChI is InChI=1S/C16H9BrF2N2O3/c17-10-5-2-1-4-9(10)15-21-20-13(24-15)8-23-16(22)14-11(18)6-3-7-12(14)19/h1-7H,8H2. The zero-order chi connectivity index (χ0) is 17.1. The Hall–Kier alpha value is -2.61. The van der Waals surface area contributed by atoms with Gasteiger partial charge in [0.1, 0.15) is 17.2 Å². The molecular weight excluding hydrogens is 386 g/mol. The molecule has 0 saturated carbocycles. The van der Waals surface area contributed by atoms with E-state index in [1.54, 1.807) is 18.2 Å². The second kappa shape index (κ2) is 6.88. The fourth-order valence-corrected chi connectivity index (χ4v) is 2.40. The molecule has 0 spiro atoms. The van der Waals surface area contributed by atoms with Crippen LogP contribution in [-0.2, 0) is 11.3 Å². The second-order valence-corrected chi connectivity index (χ2v) is 5.51. The topological polar surface area (TPSA) is 65.2 Å². The molecule has 24 heavy (non-hydrogen) atoms. The van der Waals surface area contributed by atoms with E-state index in [4.69, 9.17) is 9.15 Å². The minimum Gasteiger partial charge on any atom is -0.452 e. The van der Waals surface area contributed by atoms with Gasteiger partial charge in [0.2, 0.25) is 5.89 Å². The monoisotopic (exact) mass is 394 g/mol. The highest BCUT2D eigenvalue weighted by molar-refractivity contribution is 9.10. The Morgan fingerprint density at radius 3 is 2.50 bits per heavy atom. The average molecular weight is 395 g/mol. The zero-order valence-electron chi connectivity index (χ0n) is 12.0. The number of hydrogen-bond acceptors (Lipinski definition) is 5. The van der Waals surface area contributed by atoms with Gasteiger partial charge in [0.15, 0.2) is 6.61 Å². The van der Waals surface area contributed by atoms with E-state index in [0.29, 0.717) is 5.56 Å². The number of aromatic nitrogens is 2. The molecule has 0 bridgehead atoms. The van der Waals surface area contributed by atoms with Crippen LogP contribution >= 0.6 is 15.9 Å². The van der Waals surface area contributed by atoms with Gasteiger partial charge in [-0.1, -0.05) is 18.2 Å². The van der Waals surface area contributed by atoms with Crippen LogP contribution in [0, 0.1) is 11.6 Å². The van der Waals surface area contributed by atoms with Crippen LogP contribution in [-0.4, -0.2) is 16.2 Å². The van der Waals surface area contributed by atoms with Crippen LogP contribution in [0.25, 0.3) is 11.5 Å². The maximum Gasteiger partial charge on any atom is 0.344 e. The molecule has 5 nitrogen and oxygen atoms in total. The van der Waals surface area contributed by atoms with Crippen molar-refractivity contribution in [2.75, 3.05) is 0 Å². The molecule has 0 radical (unpaired) electrons. The molecule has 0 N–H and O–H groups in total. The molecule has 0 saturated heterocycles. The molecule has 1 heterocycles. The summed E-state index contributed by atoms with van der Waals surface area (Å²) in [6.45, 7) is -0.399. The number of carbonyl (C=O) groups excluding carboxylic acids is 1. The van der Waals surface area contributed by atoms with E-state index in [9.17, 15) is 13.6 Å². The lowest BCUT2D eigenvalue weighted by atomic mass is 10.2. The molecule has 3 aromatic rings. The van der Waals surface area contributed by atoms with Crippen molar-refractivity contribution >= 4 is 21.9 Å². The molecule has 0 amide bonds. The van der Waals surface area contributed by atoms with Gasteiger partial charge >= 0.3 is 5.97 Å². The highest BCUT2D eigenvalue weighted by atomic mass is 79.9. The van der Waals surface area contributed by atoms with E-state index in [1.165, 1.54) is 0 Å². The summed E-state index contributed by atoms with van der Waals surface area (Å²) in [6, 6.07) is 10.3. The van der Waals surface area contributed by atoms with Gasteiger partial charge < -0.3 is 9.15 Å². The molecule has 0 atom stereocenters. The number of ether oxygens (including phenoxy) is 1. The van der Waals surface area contributed by atoms with Crippen LogP contribution in [0.3, 0.4) is 0 Å². The Balaban J connectivity index is 1.72. The number of esters is 1. The first kappa shape index (κ1) is 16.3. The van der Waals surface area contributed by atoms with Crippen molar-refractivity contribution in [3.63, 3.8) is 0 Å². The van der Waals surface area contributed by atoms with Crippen LogP contribution < -0.4 is 0 Å². The fourth-order valence-electron chi connectivity index (χ4n) is 1.95. The van der Waals surface area contributed by atoms with Crippen LogP contribution in [0.15, 0.2) is 51.4 Å². The van der Waals surface area contributed by atoms with Crippen LogP contribution in [0.4, 0.5) is 8.78 Å². The van der Waals surface area contributed by atoms with E-state index in [-0.39, 0.29) is 11.8 Å². The van der Waals surface area contributed by atoms with Gasteiger partial charge in [0.25, 0.3) is 5.89 Å². The van der Waals surface area contributed by atoms with Crippen LogP contribution in [0.1, 0.15) is 16.2 Å². The van der Waals surface area contributed by atoms with Crippen molar-refractivity contribution in [1.29, 1.82) is 0 Å². The Bertz CT molecular complexity index is 878. The third kappa shape index (κ3) is 3.33. The average Bonchev–Trinajstić information content (AvgIpc) is 3.02. The number of nitrogens with zero attached hydrogens (tertiary/aromatic N) is 2. The molecule has 122 valence electrons. The van der Waals surface area contributed by atoms with Gasteiger partial charge in [-0.15, -0.1) is 10.2 Å². The lowest BCUT2D eigenvalue weighted by Crippen LogP contribution is -2.10. The summed E-state index contributed by atoms with van der Waals surface area (Å²) in [6.07, 6.45) is 0. The molecule has 1 aromatic heterocycles. The molecule has 0 aliphatic carbocycles. The van der Waals surface area contributed by atoms with Gasteiger partial charge in [0, 0.05) is 4.47 Å². The summed E-state index contributed by atoms with van der Waals surface area (Å²) in [5.41, 5.74) is -0.0919. The minimum absolute atomic E-state index is 0.00542. The van der Waals surface area contributed by atoms with Gasteiger partial charge in [-0.05, 0) is 40.2 Å². The summed E-state index contributed by atoms with van der Waals surface area (Å²) < 4.78 is 38.0. The first-order valence-electron chi connectivity index (χ1n) is 6.74. The van der Waals surface area contributed by atoms with Crippen molar-refractivity contribution in [3.8, 4) is 11.5 Å². The largest absolute Gasteiger partial charge is 0.452 e. The predicted octanol–water partition coefficient (Wildman–Crippen LogP) is 4.13. The van der Waals surface area contributed by atoms with Crippen LogP contribution in [0.5, 0.6) is 0 Å². The smallest absolute Gasteiger partial charge is 0.344 e. The molecule has 3 rings (SSSR count). The van der Waals surface area contributed by atoms with E-state index in [1.807, 2.05) is 6.07 Å². The van der Waals surface area contributed by atoms with E-state index in [2.05, 4.69) is 26.1 Å². The summed E-state index contributed by atoms with van der Waals surface area (Å²) >= 11 is 3.35. The van der Waals surface area contributed by atoms with Crippen molar-refractivity contribution in [3.05, 3.63) is 70.0 Å². The predicted molar refractivity (Wildman–Crippen MR) is 82.9 cm³/mol. The fraction of sp³-hybridized carbons (Fsp3) is 0.0625. The molecule has 0 aliphatic heterocycles. The molecule has 8 heteroatoms. The number of benzene rings is 2. The van der Waals surface area contributed by atoms with Crippen molar-refractivity contribution < 1.29 is 22.7 Å². The van der Waals surface area contributed by atoms with Gasteiger partial charge in [-0.25, -0.2) is 13.6 Å². The second-order valence-electron chi connectivity index (χ2n) is 4.65. The molecule has 2 aromatic carbocycles. The highest BCUT2D eigenvalue weighted by Crippen LogP contribution is 2.26. The highest BCUT2D eigenvalue weighted by Gasteiger charge is 2.20. The van der Waals surface area contributed by atoms with Gasteiger partial charge in [-0.3, -0.25) is 0 Å². The Morgan fingerprint density at radius 2 is 1.79 bits per heavy atom. The number of rotatable bonds is 4. The Kier molecular flexibility index (Phi) is 4.66. The zero-order valence-corrected chi connectivity index (χ0v) is 13.6. The van der Waals surface area contributed by atoms with Crippen molar-refractivity contribution in [2.45, 2.75) is 6.61 Å². The van der Waals surface area contributed by atoms with Crippen molar-refractivity contribution in [2.24, 2.45) is 0 Å². The number of hydrogen-bond donors (Lipinski definition) is 0. The third-order valence-electron chi connectivity index (χ3n) is 3.06. The number of carbonyl (C=O) groups is 1. The van der Waals surface area contributed by atoms with Crippen molar-refractivity contribution in [1.82, 2.24) is 10.2 Å². The number of halogens is 3. The summed E-state index contributed by atoms with van der Waals surface area (Å²) in [5, 5.41) is 7.59. The van der Waals surface area contributed by atoms with Crippen LogP contribution in [0.2, 0.25) is 0 Å². The maximum absolute atomic E-state index is 13.5. The van der Waals surface area contributed by atoms with E-state index in [0.717, 1.165) is 22.7 Å². The Labute approximate surface area is 143 Å². The molecule has 0 aliphatic rings. The summed E-state index contributed by atoms with van der Waals surface area (Å²) in [4.78, 5) is 11.8. The SMILES string of the molecule is O=C(OCc1nnc(-c2ccccc2Br)o1)c1c(F)cccc1F. The summed E-state index contributed by atoms with van der Waals surface area (Å²) in [5.74, 6) is -2.92. The molecular formula is C16H9BrF2N2O3.